The normalized spacial score (nSPS) is 11.9. The summed E-state index contributed by atoms with van der Waals surface area (Å²) in [6.45, 7) is 13.6. The van der Waals surface area contributed by atoms with E-state index in [1.54, 1.807) is 4.90 Å². The largest absolute Gasteiger partial charge is 0.379 e. The zero-order chi connectivity index (χ0) is 14.9. The summed E-state index contributed by atoms with van der Waals surface area (Å²) in [7, 11) is 1.81. The lowest BCUT2D eigenvalue weighted by molar-refractivity contribution is -0.133. The zero-order valence-electron chi connectivity index (χ0n) is 13.5. The summed E-state index contributed by atoms with van der Waals surface area (Å²) in [4.78, 5) is 13.3. The second-order valence-corrected chi connectivity index (χ2v) is 6.45. The van der Waals surface area contributed by atoms with Gasteiger partial charge in [-0.15, -0.1) is 0 Å². The Morgan fingerprint density at radius 3 is 2.05 bits per heavy atom. The second kappa shape index (κ2) is 9.32. The molecule has 0 fully saturated rings. The highest BCUT2D eigenvalue weighted by molar-refractivity contribution is 5.77. The molecule has 1 amide bonds. The predicted octanol–water partition coefficient (Wildman–Crippen LogP) is 2.57. The molecule has 4 heteroatoms. The lowest BCUT2D eigenvalue weighted by Gasteiger charge is -2.19. The van der Waals surface area contributed by atoms with Crippen LogP contribution in [0.5, 0.6) is 0 Å². The third-order valence-electron chi connectivity index (χ3n) is 2.81. The molecule has 0 bridgehead atoms. The van der Waals surface area contributed by atoms with Gasteiger partial charge in [-0.2, -0.15) is 0 Å². The van der Waals surface area contributed by atoms with E-state index in [9.17, 15) is 4.79 Å². The lowest BCUT2D eigenvalue weighted by atomic mass is 9.93. The average molecular weight is 273 g/mol. The molecular formula is C15H31NO3. The lowest BCUT2D eigenvalue weighted by Crippen LogP contribution is -2.33. The van der Waals surface area contributed by atoms with Gasteiger partial charge in [0.25, 0.3) is 0 Å². The van der Waals surface area contributed by atoms with E-state index >= 15 is 0 Å². The highest BCUT2D eigenvalue weighted by Crippen LogP contribution is 2.17. The number of carbonyl (C=O) groups excluding carboxylic acids is 1. The molecule has 0 rings (SSSR count). The van der Waals surface area contributed by atoms with E-state index in [2.05, 4.69) is 20.8 Å². The van der Waals surface area contributed by atoms with Crippen LogP contribution in [0.25, 0.3) is 0 Å². The minimum absolute atomic E-state index is 0.0470. The highest BCUT2D eigenvalue weighted by Gasteiger charge is 2.12. The Morgan fingerprint density at radius 2 is 1.58 bits per heavy atom. The molecule has 0 unspecified atom stereocenters. The van der Waals surface area contributed by atoms with Crippen LogP contribution < -0.4 is 0 Å². The van der Waals surface area contributed by atoms with E-state index in [1.165, 1.54) is 0 Å². The van der Waals surface area contributed by atoms with Crippen LogP contribution in [0, 0.1) is 11.3 Å². The monoisotopic (exact) mass is 273 g/mol. The molecule has 0 spiro atoms. The number of hydrogen-bond acceptors (Lipinski definition) is 3. The smallest absolute Gasteiger partial charge is 0.224 e. The molecule has 0 aliphatic heterocycles. The molecule has 0 aliphatic rings. The molecule has 0 aromatic carbocycles. The zero-order valence-corrected chi connectivity index (χ0v) is 13.5. The molecule has 4 nitrogen and oxygen atoms in total. The van der Waals surface area contributed by atoms with Crippen LogP contribution >= 0.6 is 0 Å². The van der Waals surface area contributed by atoms with Crippen molar-refractivity contribution >= 4 is 5.91 Å². The Labute approximate surface area is 118 Å². The molecule has 0 N–H and O–H groups in total. The molecule has 0 saturated heterocycles. The van der Waals surface area contributed by atoms with E-state index in [0.29, 0.717) is 31.8 Å². The predicted molar refractivity (Wildman–Crippen MR) is 78.2 cm³/mol. The van der Waals surface area contributed by atoms with Crippen LogP contribution in [0.4, 0.5) is 0 Å². The maximum Gasteiger partial charge on any atom is 0.224 e. The minimum Gasteiger partial charge on any atom is -0.379 e. The minimum atomic E-state index is 0.0470. The van der Waals surface area contributed by atoms with Crippen molar-refractivity contribution in [3.63, 3.8) is 0 Å². The standard InChI is InChI=1S/C15H31NO3/c1-13(2)14(17)16(6)8-10-19-12-11-18-9-7-15(3,4)5/h13H,7-12H2,1-6H3. The van der Waals surface area contributed by atoms with Crippen molar-refractivity contribution in [1.82, 2.24) is 4.90 Å². The molecule has 0 heterocycles. The number of rotatable bonds is 9. The second-order valence-electron chi connectivity index (χ2n) is 6.45. The number of amides is 1. The summed E-state index contributed by atoms with van der Waals surface area (Å²) < 4.78 is 10.9. The van der Waals surface area contributed by atoms with Crippen molar-refractivity contribution in [3.05, 3.63) is 0 Å². The van der Waals surface area contributed by atoms with Gasteiger partial charge in [0.15, 0.2) is 0 Å². The summed E-state index contributed by atoms with van der Waals surface area (Å²) in [5.41, 5.74) is 0.320. The molecule has 114 valence electrons. The summed E-state index contributed by atoms with van der Waals surface area (Å²) in [5.74, 6) is 0.204. The van der Waals surface area contributed by atoms with E-state index in [1.807, 2.05) is 20.9 Å². The number of nitrogens with zero attached hydrogens (tertiary/aromatic N) is 1. The van der Waals surface area contributed by atoms with E-state index in [4.69, 9.17) is 9.47 Å². The summed E-state index contributed by atoms with van der Waals surface area (Å²) in [6, 6.07) is 0. The third-order valence-corrected chi connectivity index (χ3v) is 2.81. The first-order valence-electron chi connectivity index (χ1n) is 7.14. The van der Waals surface area contributed by atoms with E-state index in [-0.39, 0.29) is 11.8 Å². The fraction of sp³-hybridized carbons (Fsp3) is 0.933. The number of carbonyl (C=O) groups is 1. The van der Waals surface area contributed by atoms with Gasteiger partial charge in [0.1, 0.15) is 0 Å². The van der Waals surface area contributed by atoms with Gasteiger partial charge in [0, 0.05) is 26.1 Å². The quantitative estimate of drug-likeness (QED) is 0.606. The Bertz CT molecular complexity index is 246. The van der Waals surface area contributed by atoms with Crippen LogP contribution in [0.15, 0.2) is 0 Å². The Balaban J connectivity index is 3.39. The third kappa shape index (κ3) is 11.0. The topological polar surface area (TPSA) is 38.8 Å². The van der Waals surface area contributed by atoms with Gasteiger partial charge >= 0.3 is 0 Å². The summed E-state index contributed by atoms with van der Waals surface area (Å²) >= 11 is 0. The maximum absolute atomic E-state index is 11.6. The van der Waals surface area contributed by atoms with Gasteiger partial charge in [-0.05, 0) is 11.8 Å². The molecule has 0 aromatic heterocycles. The van der Waals surface area contributed by atoms with Crippen LogP contribution in [0.3, 0.4) is 0 Å². The van der Waals surface area contributed by atoms with E-state index < -0.39 is 0 Å². The van der Waals surface area contributed by atoms with E-state index in [0.717, 1.165) is 13.0 Å². The Hall–Kier alpha value is -0.610. The van der Waals surface area contributed by atoms with Gasteiger partial charge < -0.3 is 14.4 Å². The van der Waals surface area contributed by atoms with Gasteiger partial charge in [0.05, 0.1) is 19.8 Å². The van der Waals surface area contributed by atoms with Crippen molar-refractivity contribution in [3.8, 4) is 0 Å². The summed E-state index contributed by atoms with van der Waals surface area (Å²) in [6.07, 6.45) is 1.05. The SMILES string of the molecule is CC(C)C(=O)N(C)CCOCCOCCC(C)(C)C. The first-order valence-corrected chi connectivity index (χ1v) is 7.14. The van der Waals surface area contributed by atoms with Crippen LogP contribution in [-0.2, 0) is 14.3 Å². The highest BCUT2D eigenvalue weighted by atomic mass is 16.5. The molecule has 0 atom stereocenters. The van der Waals surface area contributed by atoms with Crippen molar-refractivity contribution in [2.24, 2.45) is 11.3 Å². The van der Waals surface area contributed by atoms with Gasteiger partial charge in [-0.1, -0.05) is 34.6 Å². The van der Waals surface area contributed by atoms with Gasteiger partial charge in [-0.3, -0.25) is 4.79 Å². The van der Waals surface area contributed by atoms with Crippen molar-refractivity contribution in [1.29, 1.82) is 0 Å². The molecule has 0 saturated carbocycles. The van der Waals surface area contributed by atoms with Crippen LogP contribution in [-0.4, -0.2) is 50.8 Å². The molecule has 0 aliphatic carbocycles. The fourth-order valence-electron chi connectivity index (χ4n) is 1.45. The number of ether oxygens (including phenoxy) is 2. The Kier molecular flexibility index (Phi) is 9.02. The van der Waals surface area contributed by atoms with Crippen LogP contribution in [0.2, 0.25) is 0 Å². The van der Waals surface area contributed by atoms with Crippen molar-refractivity contribution in [2.45, 2.75) is 41.0 Å². The molecule has 0 aromatic rings. The van der Waals surface area contributed by atoms with Gasteiger partial charge in [0.2, 0.25) is 5.91 Å². The Morgan fingerprint density at radius 1 is 1.05 bits per heavy atom. The summed E-state index contributed by atoms with van der Waals surface area (Å²) in [5, 5.41) is 0. The van der Waals surface area contributed by atoms with Gasteiger partial charge in [-0.25, -0.2) is 0 Å². The number of likely N-dealkylation sites (N-methyl/N-ethyl adjacent to an activating group) is 1. The molecular weight excluding hydrogens is 242 g/mol. The molecule has 0 radical (unpaired) electrons. The first-order chi connectivity index (χ1) is 8.74. The van der Waals surface area contributed by atoms with Crippen molar-refractivity contribution in [2.75, 3.05) is 40.0 Å². The fourth-order valence-corrected chi connectivity index (χ4v) is 1.45. The maximum atomic E-state index is 11.6. The average Bonchev–Trinajstić information content (AvgIpc) is 2.29. The number of hydrogen-bond donors (Lipinski definition) is 0. The first kappa shape index (κ1) is 18.4. The van der Waals surface area contributed by atoms with Crippen molar-refractivity contribution < 1.29 is 14.3 Å². The van der Waals surface area contributed by atoms with Crippen LogP contribution in [0.1, 0.15) is 41.0 Å². The molecule has 19 heavy (non-hydrogen) atoms.